The molecule has 0 saturated heterocycles. The van der Waals surface area contributed by atoms with E-state index in [2.05, 4.69) is 71.1 Å². The molecule has 0 fully saturated rings. The lowest BCUT2D eigenvalue weighted by molar-refractivity contribution is 0.168. The van der Waals surface area contributed by atoms with Gasteiger partial charge in [0.2, 0.25) is 0 Å². The first kappa shape index (κ1) is 18.5. The summed E-state index contributed by atoms with van der Waals surface area (Å²) in [5, 5.41) is 0.773. The molecule has 124 valence electrons. The molecule has 2 aromatic carbocycles. The minimum atomic E-state index is 0.0818. The fourth-order valence-corrected chi connectivity index (χ4v) is 3.15. The van der Waals surface area contributed by atoms with E-state index in [0.29, 0.717) is 6.54 Å². The van der Waals surface area contributed by atoms with E-state index in [1.807, 2.05) is 12.1 Å². The lowest BCUT2D eigenvalue weighted by Gasteiger charge is -2.32. The van der Waals surface area contributed by atoms with Crippen molar-refractivity contribution < 1.29 is 0 Å². The van der Waals surface area contributed by atoms with Gasteiger partial charge in [-0.2, -0.15) is 0 Å². The highest BCUT2D eigenvalue weighted by Crippen LogP contribution is 2.21. The van der Waals surface area contributed by atoms with Crippen LogP contribution in [0.15, 0.2) is 53.0 Å². The summed E-state index contributed by atoms with van der Waals surface area (Å²) >= 11 is 9.54. The summed E-state index contributed by atoms with van der Waals surface area (Å²) in [6.07, 6.45) is 0. The molecule has 0 saturated carbocycles. The summed E-state index contributed by atoms with van der Waals surface area (Å²) in [4.78, 5) is 2.44. The van der Waals surface area contributed by atoms with Crippen molar-refractivity contribution in [2.45, 2.75) is 26.9 Å². The van der Waals surface area contributed by atoms with Crippen LogP contribution in [0.1, 0.15) is 25.0 Å². The van der Waals surface area contributed by atoms with Gasteiger partial charge in [0.05, 0.1) is 0 Å². The molecule has 0 aliphatic carbocycles. The second-order valence-corrected chi connectivity index (χ2v) is 8.12. The highest BCUT2D eigenvalue weighted by molar-refractivity contribution is 9.10. The minimum absolute atomic E-state index is 0.0818. The number of halogens is 2. The Hall–Kier alpha value is -0.870. The van der Waals surface area contributed by atoms with E-state index in [4.69, 9.17) is 17.3 Å². The van der Waals surface area contributed by atoms with Crippen LogP contribution in [0.25, 0.3) is 0 Å². The lowest BCUT2D eigenvalue weighted by Crippen LogP contribution is -2.38. The van der Waals surface area contributed by atoms with Gasteiger partial charge in [0, 0.05) is 29.1 Å². The SMILES string of the molecule is CC(C)(CN)CN(Cc1ccc(Cl)cc1)Cc1cccc(Br)c1. The molecule has 2 nitrogen and oxygen atoms in total. The molecule has 4 heteroatoms. The smallest absolute Gasteiger partial charge is 0.0406 e. The summed E-state index contributed by atoms with van der Waals surface area (Å²) in [6.45, 7) is 7.81. The van der Waals surface area contributed by atoms with E-state index in [0.717, 1.165) is 29.1 Å². The monoisotopic (exact) mass is 394 g/mol. The van der Waals surface area contributed by atoms with Gasteiger partial charge in [-0.1, -0.05) is 65.6 Å². The van der Waals surface area contributed by atoms with Crippen molar-refractivity contribution in [3.8, 4) is 0 Å². The summed E-state index contributed by atoms with van der Waals surface area (Å²) in [6, 6.07) is 16.5. The molecule has 0 atom stereocenters. The maximum atomic E-state index is 5.99. The van der Waals surface area contributed by atoms with Gasteiger partial charge in [-0.15, -0.1) is 0 Å². The zero-order valence-electron chi connectivity index (χ0n) is 13.7. The quantitative estimate of drug-likeness (QED) is 0.707. The Kier molecular flexibility index (Phi) is 6.66. The van der Waals surface area contributed by atoms with Crippen LogP contribution in [0.4, 0.5) is 0 Å². The Bertz CT molecular complexity index is 626. The molecule has 0 spiro atoms. The molecule has 23 heavy (non-hydrogen) atoms. The Labute approximate surface area is 152 Å². The van der Waals surface area contributed by atoms with Crippen molar-refractivity contribution in [1.82, 2.24) is 4.90 Å². The van der Waals surface area contributed by atoms with Crippen molar-refractivity contribution in [1.29, 1.82) is 0 Å². The number of hydrogen-bond donors (Lipinski definition) is 1. The Morgan fingerprint density at radius 3 is 2.30 bits per heavy atom. The molecule has 2 rings (SSSR count). The van der Waals surface area contributed by atoms with Crippen molar-refractivity contribution in [2.24, 2.45) is 11.1 Å². The van der Waals surface area contributed by atoms with Crippen LogP contribution in [0.5, 0.6) is 0 Å². The van der Waals surface area contributed by atoms with Gasteiger partial charge in [-0.05, 0) is 47.4 Å². The third-order valence-electron chi connectivity index (χ3n) is 3.82. The van der Waals surface area contributed by atoms with E-state index < -0.39 is 0 Å². The van der Waals surface area contributed by atoms with Crippen molar-refractivity contribution in [3.05, 3.63) is 69.2 Å². The highest BCUT2D eigenvalue weighted by Gasteiger charge is 2.20. The normalized spacial score (nSPS) is 11.9. The number of nitrogens with two attached hydrogens (primary N) is 1. The van der Waals surface area contributed by atoms with Crippen LogP contribution in [-0.4, -0.2) is 18.0 Å². The minimum Gasteiger partial charge on any atom is -0.330 e. The van der Waals surface area contributed by atoms with E-state index in [1.54, 1.807) is 0 Å². The zero-order valence-corrected chi connectivity index (χ0v) is 16.1. The largest absolute Gasteiger partial charge is 0.330 e. The van der Waals surface area contributed by atoms with Crippen LogP contribution in [0.3, 0.4) is 0 Å². The molecular weight excluding hydrogens is 372 g/mol. The van der Waals surface area contributed by atoms with E-state index >= 15 is 0 Å². The fourth-order valence-electron chi connectivity index (χ4n) is 2.58. The lowest BCUT2D eigenvalue weighted by atomic mass is 9.92. The number of hydrogen-bond acceptors (Lipinski definition) is 2. The fraction of sp³-hybridized carbons (Fsp3) is 0.368. The van der Waals surface area contributed by atoms with Crippen LogP contribution in [0.2, 0.25) is 5.02 Å². The third kappa shape index (κ3) is 6.27. The van der Waals surface area contributed by atoms with Gasteiger partial charge < -0.3 is 5.73 Å². The maximum Gasteiger partial charge on any atom is 0.0406 e. The van der Waals surface area contributed by atoms with E-state index in [-0.39, 0.29) is 5.41 Å². The standard InChI is InChI=1S/C19H24BrClN2/c1-19(2,13-22)14-23(11-15-6-8-18(21)9-7-15)12-16-4-3-5-17(20)10-16/h3-10H,11-14,22H2,1-2H3. The van der Waals surface area contributed by atoms with Gasteiger partial charge in [-0.25, -0.2) is 0 Å². The summed E-state index contributed by atoms with van der Waals surface area (Å²) in [5.74, 6) is 0. The maximum absolute atomic E-state index is 5.99. The van der Waals surface area contributed by atoms with Crippen LogP contribution in [0, 0.1) is 5.41 Å². The van der Waals surface area contributed by atoms with E-state index in [1.165, 1.54) is 11.1 Å². The predicted molar refractivity (Wildman–Crippen MR) is 103 cm³/mol. The van der Waals surface area contributed by atoms with Crippen LogP contribution >= 0.6 is 27.5 Å². The average molecular weight is 396 g/mol. The van der Waals surface area contributed by atoms with Gasteiger partial charge in [0.25, 0.3) is 0 Å². The van der Waals surface area contributed by atoms with Gasteiger partial charge in [-0.3, -0.25) is 4.90 Å². The first-order valence-corrected chi connectivity index (χ1v) is 8.96. The topological polar surface area (TPSA) is 29.3 Å². The number of rotatable bonds is 7. The predicted octanol–water partition coefficient (Wildman–Crippen LogP) is 5.09. The number of benzene rings is 2. The summed E-state index contributed by atoms with van der Waals surface area (Å²) in [7, 11) is 0. The molecule has 2 N–H and O–H groups in total. The molecule has 0 bridgehead atoms. The van der Waals surface area contributed by atoms with Crippen molar-refractivity contribution in [2.75, 3.05) is 13.1 Å². The summed E-state index contributed by atoms with van der Waals surface area (Å²) < 4.78 is 1.11. The van der Waals surface area contributed by atoms with Crippen molar-refractivity contribution in [3.63, 3.8) is 0 Å². The van der Waals surface area contributed by atoms with Gasteiger partial charge in [0.15, 0.2) is 0 Å². The Morgan fingerprint density at radius 2 is 1.70 bits per heavy atom. The molecule has 0 heterocycles. The highest BCUT2D eigenvalue weighted by atomic mass is 79.9. The van der Waals surface area contributed by atoms with Gasteiger partial charge in [0.1, 0.15) is 0 Å². The zero-order chi connectivity index (χ0) is 16.9. The second-order valence-electron chi connectivity index (χ2n) is 6.77. The molecule has 0 unspecified atom stereocenters. The Morgan fingerprint density at radius 1 is 1.04 bits per heavy atom. The Balaban J connectivity index is 2.15. The summed E-state index contributed by atoms with van der Waals surface area (Å²) in [5.41, 5.74) is 8.57. The van der Waals surface area contributed by atoms with Crippen molar-refractivity contribution >= 4 is 27.5 Å². The molecule has 0 amide bonds. The molecule has 0 aliphatic heterocycles. The van der Waals surface area contributed by atoms with Crippen LogP contribution in [-0.2, 0) is 13.1 Å². The second kappa shape index (κ2) is 8.29. The average Bonchev–Trinajstić information content (AvgIpc) is 2.49. The molecular formula is C19H24BrClN2. The molecule has 2 aromatic rings. The molecule has 0 radical (unpaired) electrons. The third-order valence-corrected chi connectivity index (χ3v) is 4.56. The molecule has 0 aromatic heterocycles. The molecule has 0 aliphatic rings. The first-order chi connectivity index (χ1) is 10.9. The first-order valence-electron chi connectivity index (χ1n) is 7.79. The number of nitrogens with zero attached hydrogens (tertiary/aromatic N) is 1. The van der Waals surface area contributed by atoms with Crippen LogP contribution < -0.4 is 5.73 Å². The van der Waals surface area contributed by atoms with Gasteiger partial charge >= 0.3 is 0 Å². The van der Waals surface area contributed by atoms with E-state index in [9.17, 15) is 0 Å².